The van der Waals surface area contributed by atoms with Crippen molar-refractivity contribution >= 4 is 0 Å². The maximum atomic E-state index is 3.64. The van der Waals surface area contributed by atoms with Gasteiger partial charge in [-0.3, -0.25) is 20.4 Å². The summed E-state index contributed by atoms with van der Waals surface area (Å²) in [5.41, 5.74) is 0. The molecule has 3 fully saturated rings. The van der Waals surface area contributed by atoms with Crippen molar-refractivity contribution in [3.63, 3.8) is 0 Å². The lowest BCUT2D eigenvalue weighted by Crippen LogP contribution is -2.72. The van der Waals surface area contributed by atoms with E-state index in [4.69, 9.17) is 0 Å². The molecule has 2 atom stereocenters. The van der Waals surface area contributed by atoms with Crippen molar-refractivity contribution in [2.24, 2.45) is 0 Å². The predicted molar refractivity (Wildman–Crippen MR) is 56.0 cm³/mol. The van der Waals surface area contributed by atoms with Gasteiger partial charge in [0.2, 0.25) is 0 Å². The van der Waals surface area contributed by atoms with Crippen molar-refractivity contribution in [2.75, 3.05) is 39.3 Å². The van der Waals surface area contributed by atoms with Crippen molar-refractivity contribution in [3.8, 4) is 0 Å². The molecule has 3 aliphatic rings. The van der Waals surface area contributed by atoms with E-state index in [2.05, 4.69) is 20.4 Å². The van der Waals surface area contributed by atoms with Gasteiger partial charge < -0.3 is 0 Å². The molecule has 0 aromatic carbocycles. The normalized spacial score (nSPS) is 40.3. The molecule has 80 valence electrons. The van der Waals surface area contributed by atoms with Gasteiger partial charge in [0, 0.05) is 26.2 Å². The smallest absolute Gasteiger partial charge is 0.0894 e. The Morgan fingerprint density at radius 2 is 1.21 bits per heavy atom. The zero-order valence-electron chi connectivity index (χ0n) is 8.71. The first kappa shape index (κ1) is 9.09. The molecule has 0 bridgehead atoms. The van der Waals surface area contributed by atoms with Crippen LogP contribution in [0.4, 0.5) is 0 Å². The Hall–Kier alpha value is -0.160. The van der Waals surface area contributed by atoms with Crippen LogP contribution in [0, 0.1) is 0 Å². The van der Waals surface area contributed by atoms with Gasteiger partial charge in [0.15, 0.2) is 0 Å². The van der Waals surface area contributed by atoms with Crippen LogP contribution in [0.2, 0.25) is 0 Å². The van der Waals surface area contributed by atoms with E-state index in [1.165, 1.54) is 52.1 Å². The number of nitrogens with one attached hydrogen (secondary N) is 2. The van der Waals surface area contributed by atoms with Gasteiger partial charge in [0.25, 0.3) is 0 Å². The molecular weight excluding hydrogens is 176 g/mol. The van der Waals surface area contributed by atoms with E-state index in [-0.39, 0.29) is 0 Å². The highest BCUT2D eigenvalue weighted by Crippen LogP contribution is 2.19. The number of nitrogens with zero attached hydrogens (tertiary/aromatic N) is 2. The van der Waals surface area contributed by atoms with E-state index in [1.807, 2.05) is 0 Å². The van der Waals surface area contributed by atoms with Gasteiger partial charge in [-0.05, 0) is 25.9 Å². The molecular formula is C10H20N4. The Morgan fingerprint density at radius 3 is 1.71 bits per heavy atom. The maximum absolute atomic E-state index is 3.64. The molecule has 0 radical (unpaired) electrons. The Morgan fingerprint density at radius 1 is 0.714 bits per heavy atom. The van der Waals surface area contributed by atoms with Gasteiger partial charge >= 0.3 is 0 Å². The molecule has 3 aliphatic heterocycles. The minimum absolute atomic E-state index is 0.567. The second kappa shape index (κ2) is 3.77. The maximum Gasteiger partial charge on any atom is 0.0894 e. The van der Waals surface area contributed by atoms with Gasteiger partial charge in [-0.2, -0.15) is 0 Å². The summed E-state index contributed by atoms with van der Waals surface area (Å²) in [7, 11) is 0. The van der Waals surface area contributed by atoms with Crippen molar-refractivity contribution < 1.29 is 0 Å². The fraction of sp³-hybridized carbons (Fsp3) is 1.00. The number of hydrogen-bond donors (Lipinski definition) is 2. The van der Waals surface area contributed by atoms with E-state index >= 15 is 0 Å². The Bertz CT molecular complexity index is 186. The lowest BCUT2D eigenvalue weighted by atomic mass is 10.1. The van der Waals surface area contributed by atoms with Crippen LogP contribution in [-0.2, 0) is 0 Å². The van der Waals surface area contributed by atoms with E-state index < -0.39 is 0 Å². The van der Waals surface area contributed by atoms with Crippen LogP contribution in [-0.4, -0.2) is 61.4 Å². The summed E-state index contributed by atoms with van der Waals surface area (Å²) in [5, 5.41) is 7.28. The molecule has 4 nitrogen and oxygen atoms in total. The zero-order valence-corrected chi connectivity index (χ0v) is 8.71. The summed E-state index contributed by atoms with van der Waals surface area (Å²) in [6.07, 6.45) is 3.75. The summed E-state index contributed by atoms with van der Waals surface area (Å²) < 4.78 is 0. The molecule has 14 heavy (non-hydrogen) atoms. The average Bonchev–Trinajstić information content (AvgIpc) is 2.29. The minimum Gasteiger partial charge on any atom is -0.299 e. The first-order valence-corrected chi connectivity index (χ1v) is 5.90. The summed E-state index contributed by atoms with van der Waals surface area (Å²) in [6.45, 7) is 7.43. The number of rotatable bonds is 0. The lowest BCUT2D eigenvalue weighted by Gasteiger charge is -2.51. The second-order valence-electron chi connectivity index (χ2n) is 4.58. The van der Waals surface area contributed by atoms with E-state index in [0.29, 0.717) is 12.3 Å². The Kier molecular flexibility index (Phi) is 2.45. The molecule has 0 spiro atoms. The molecule has 2 unspecified atom stereocenters. The van der Waals surface area contributed by atoms with Crippen LogP contribution in [0.15, 0.2) is 0 Å². The molecule has 0 amide bonds. The molecule has 2 N–H and O–H groups in total. The van der Waals surface area contributed by atoms with E-state index in [9.17, 15) is 0 Å². The van der Waals surface area contributed by atoms with Crippen molar-refractivity contribution in [1.82, 2.24) is 20.4 Å². The highest BCUT2D eigenvalue weighted by molar-refractivity contribution is 4.92. The summed E-state index contributed by atoms with van der Waals surface area (Å²) in [5.74, 6) is 0. The third kappa shape index (κ3) is 1.46. The van der Waals surface area contributed by atoms with Gasteiger partial charge in [-0.25, -0.2) is 0 Å². The molecule has 3 heterocycles. The number of piperazine rings is 1. The van der Waals surface area contributed by atoms with Crippen molar-refractivity contribution in [3.05, 3.63) is 0 Å². The standard InChI is InChI=1S/C10H20N4/c1-3-11-9-10-12-4-2-6-14(10)8-7-13(9)5-1/h9-12H,1-8H2. The summed E-state index contributed by atoms with van der Waals surface area (Å²) in [4.78, 5) is 5.20. The second-order valence-corrected chi connectivity index (χ2v) is 4.58. The number of fused-ring (bicyclic) bond motifs is 3. The monoisotopic (exact) mass is 196 g/mol. The van der Waals surface area contributed by atoms with Crippen molar-refractivity contribution in [2.45, 2.75) is 25.2 Å². The van der Waals surface area contributed by atoms with Crippen molar-refractivity contribution in [1.29, 1.82) is 0 Å². The van der Waals surface area contributed by atoms with Crippen LogP contribution < -0.4 is 10.6 Å². The number of hydrogen-bond acceptors (Lipinski definition) is 4. The first-order chi connectivity index (χ1) is 6.95. The fourth-order valence-electron chi connectivity index (χ4n) is 2.98. The van der Waals surface area contributed by atoms with Crippen LogP contribution in [0.3, 0.4) is 0 Å². The van der Waals surface area contributed by atoms with Crippen LogP contribution in [0.25, 0.3) is 0 Å². The van der Waals surface area contributed by atoms with Gasteiger partial charge in [-0.1, -0.05) is 0 Å². The summed E-state index contributed by atoms with van der Waals surface area (Å²) >= 11 is 0. The quantitative estimate of drug-likeness (QED) is 0.533. The fourth-order valence-corrected chi connectivity index (χ4v) is 2.98. The molecule has 3 rings (SSSR count). The van der Waals surface area contributed by atoms with Gasteiger partial charge in [0.05, 0.1) is 12.3 Å². The molecule has 0 aromatic rings. The first-order valence-electron chi connectivity index (χ1n) is 5.90. The lowest BCUT2D eigenvalue weighted by molar-refractivity contribution is -0.0393. The highest BCUT2D eigenvalue weighted by Gasteiger charge is 2.38. The Balaban J connectivity index is 1.74. The predicted octanol–water partition coefficient (Wildman–Crippen LogP) is -0.757. The Labute approximate surface area is 85.6 Å². The van der Waals surface area contributed by atoms with Crippen LogP contribution >= 0.6 is 0 Å². The molecule has 0 saturated carbocycles. The van der Waals surface area contributed by atoms with Gasteiger partial charge in [0.1, 0.15) is 0 Å². The third-order valence-electron chi connectivity index (χ3n) is 3.71. The molecule has 0 aliphatic carbocycles. The minimum atomic E-state index is 0.567. The molecule has 0 aromatic heterocycles. The van der Waals surface area contributed by atoms with Crippen LogP contribution in [0.5, 0.6) is 0 Å². The molecule has 4 heteroatoms. The summed E-state index contributed by atoms with van der Waals surface area (Å²) in [6, 6.07) is 0. The van der Waals surface area contributed by atoms with E-state index in [1.54, 1.807) is 0 Å². The van der Waals surface area contributed by atoms with Gasteiger partial charge in [-0.15, -0.1) is 0 Å². The largest absolute Gasteiger partial charge is 0.299 e. The topological polar surface area (TPSA) is 30.5 Å². The zero-order chi connectivity index (χ0) is 9.38. The highest BCUT2D eigenvalue weighted by atomic mass is 15.4. The SMILES string of the molecule is C1CNC2C3NCCCN3CCN2C1. The average molecular weight is 196 g/mol. The molecule has 3 saturated heterocycles. The third-order valence-corrected chi connectivity index (χ3v) is 3.71. The van der Waals surface area contributed by atoms with Crippen LogP contribution in [0.1, 0.15) is 12.8 Å². The van der Waals surface area contributed by atoms with E-state index in [0.717, 1.165) is 0 Å².